The van der Waals surface area contributed by atoms with Crippen LogP contribution in [0, 0.1) is 0 Å². The lowest BCUT2D eigenvalue weighted by Crippen LogP contribution is -2.33. The Morgan fingerprint density at radius 3 is 2.67 bits per heavy atom. The quantitative estimate of drug-likeness (QED) is 0.862. The van der Waals surface area contributed by atoms with Crippen LogP contribution < -0.4 is 0 Å². The Hall–Kier alpha value is -1.35. The zero-order valence-electron chi connectivity index (χ0n) is 12.9. The second-order valence-corrected chi connectivity index (χ2v) is 6.83. The summed E-state index contributed by atoms with van der Waals surface area (Å²) in [6.45, 7) is 3.29. The molecule has 1 heterocycles. The van der Waals surface area contributed by atoms with Gasteiger partial charge in [-0.1, -0.05) is 6.07 Å². The molecule has 1 aromatic rings. The summed E-state index contributed by atoms with van der Waals surface area (Å²) in [7, 11) is 0. The second kappa shape index (κ2) is 5.80. The van der Waals surface area contributed by atoms with Crippen LogP contribution in [-0.2, 0) is 12.8 Å². The first-order valence-electron chi connectivity index (χ1n) is 8.19. The predicted octanol–water partition coefficient (Wildman–Crippen LogP) is 2.94. The van der Waals surface area contributed by atoms with Gasteiger partial charge < -0.3 is 10.0 Å². The Morgan fingerprint density at radius 1 is 1.10 bits per heavy atom. The van der Waals surface area contributed by atoms with Crippen LogP contribution in [0.25, 0.3) is 0 Å². The van der Waals surface area contributed by atoms with Gasteiger partial charge in [0.2, 0.25) is 0 Å². The van der Waals surface area contributed by atoms with Gasteiger partial charge in [0.25, 0.3) is 5.91 Å². The molecule has 1 amide bonds. The summed E-state index contributed by atoms with van der Waals surface area (Å²) in [4.78, 5) is 14.6. The Morgan fingerprint density at radius 2 is 1.86 bits per heavy atom. The van der Waals surface area contributed by atoms with Crippen molar-refractivity contribution >= 4 is 5.91 Å². The maximum atomic E-state index is 12.7. The van der Waals surface area contributed by atoms with Crippen molar-refractivity contribution in [2.75, 3.05) is 13.1 Å². The zero-order chi connectivity index (χ0) is 14.9. The number of amides is 1. The molecule has 1 saturated heterocycles. The molecule has 1 atom stereocenters. The second-order valence-electron chi connectivity index (χ2n) is 6.83. The lowest BCUT2D eigenvalue weighted by molar-refractivity contribution is 0.0438. The molecule has 21 heavy (non-hydrogen) atoms. The maximum absolute atomic E-state index is 12.7. The van der Waals surface area contributed by atoms with Gasteiger partial charge in [0, 0.05) is 18.7 Å². The molecule has 1 aliphatic carbocycles. The molecular formula is C18H25NO2. The summed E-state index contributed by atoms with van der Waals surface area (Å²) < 4.78 is 0. The third-order valence-electron chi connectivity index (χ3n) is 4.95. The minimum atomic E-state index is -0.620. The van der Waals surface area contributed by atoms with E-state index in [0.29, 0.717) is 13.0 Å². The van der Waals surface area contributed by atoms with Crippen molar-refractivity contribution in [2.45, 2.75) is 57.5 Å². The standard InChI is InChI=1S/C18H25NO2/c1-18(21)9-4-11-19(12-10-18)17(20)16-8-7-14-5-2-3-6-15(14)13-16/h7-8,13,21H,2-6,9-12H2,1H3. The van der Waals surface area contributed by atoms with Crippen LogP contribution in [-0.4, -0.2) is 34.6 Å². The van der Waals surface area contributed by atoms with Gasteiger partial charge in [-0.05, 0) is 75.1 Å². The highest BCUT2D eigenvalue weighted by Crippen LogP contribution is 2.25. The average Bonchev–Trinajstić information content (AvgIpc) is 2.67. The molecule has 1 aliphatic heterocycles. The molecular weight excluding hydrogens is 262 g/mol. The van der Waals surface area contributed by atoms with Gasteiger partial charge in [0.15, 0.2) is 0 Å². The monoisotopic (exact) mass is 287 g/mol. The van der Waals surface area contributed by atoms with Crippen molar-refractivity contribution in [3.05, 3.63) is 34.9 Å². The van der Waals surface area contributed by atoms with Crippen molar-refractivity contribution in [1.82, 2.24) is 4.90 Å². The highest BCUT2D eigenvalue weighted by atomic mass is 16.3. The molecule has 1 fully saturated rings. The molecule has 1 unspecified atom stereocenters. The topological polar surface area (TPSA) is 40.5 Å². The van der Waals surface area contributed by atoms with Crippen LogP contribution in [0.4, 0.5) is 0 Å². The fourth-order valence-electron chi connectivity index (χ4n) is 3.52. The fraction of sp³-hybridized carbons (Fsp3) is 0.611. The minimum Gasteiger partial charge on any atom is -0.390 e. The van der Waals surface area contributed by atoms with Crippen LogP contribution in [0.5, 0.6) is 0 Å². The van der Waals surface area contributed by atoms with Crippen LogP contribution in [0.1, 0.15) is 60.5 Å². The van der Waals surface area contributed by atoms with E-state index in [2.05, 4.69) is 12.1 Å². The van der Waals surface area contributed by atoms with E-state index in [9.17, 15) is 9.90 Å². The molecule has 114 valence electrons. The Bertz CT molecular complexity index is 536. The van der Waals surface area contributed by atoms with Crippen molar-refractivity contribution < 1.29 is 9.90 Å². The maximum Gasteiger partial charge on any atom is 0.253 e. The molecule has 0 aromatic heterocycles. The summed E-state index contributed by atoms with van der Waals surface area (Å²) in [6, 6.07) is 6.21. The summed E-state index contributed by atoms with van der Waals surface area (Å²) >= 11 is 0. The Kier molecular flexibility index (Phi) is 4.03. The highest BCUT2D eigenvalue weighted by molar-refractivity contribution is 5.94. The van der Waals surface area contributed by atoms with E-state index in [1.54, 1.807) is 0 Å². The van der Waals surface area contributed by atoms with Gasteiger partial charge >= 0.3 is 0 Å². The molecule has 3 nitrogen and oxygen atoms in total. The molecule has 3 heteroatoms. The number of fused-ring (bicyclic) bond motifs is 1. The number of aliphatic hydroxyl groups is 1. The van der Waals surface area contributed by atoms with Crippen molar-refractivity contribution in [2.24, 2.45) is 0 Å². The number of aryl methyl sites for hydroxylation is 2. The molecule has 0 saturated carbocycles. The summed E-state index contributed by atoms with van der Waals surface area (Å²) in [6.07, 6.45) is 7.08. The van der Waals surface area contributed by atoms with E-state index in [0.717, 1.165) is 37.8 Å². The van der Waals surface area contributed by atoms with E-state index in [4.69, 9.17) is 0 Å². The number of nitrogens with zero attached hydrogens (tertiary/aromatic N) is 1. The number of carbonyl (C=O) groups excluding carboxylic acids is 1. The van der Waals surface area contributed by atoms with Gasteiger partial charge in [0.05, 0.1) is 5.60 Å². The summed E-state index contributed by atoms with van der Waals surface area (Å²) in [5.41, 5.74) is 2.97. The zero-order valence-corrected chi connectivity index (χ0v) is 12.9. The van der Waals surface area contributed by atoms with Crippen LogP contribution in [0.15, 0.2) is 18.2 Å². The normalized spacial score (nSPS) is 26.1. The highest BCUT2D eigenvalue weighted by Gasteiger charge is 2.27. The van der Waals surface area contributed by atoms with Gasteiger partial charge in [-0.2, -0.15) is 0 Å². The van der Waals surface area contributed by atoms with E-state index >= 15 is 0 Å². The number of likely N-dealkylation sites (tertiary alicyclic amines) is 1. The van der Waals surface area contributed by atoms with Crippen LogP contribution >= 0.6 is 0 Å². The molecule has 2 aliphatic rings. The van der Waals surface area contributed by atoms with E-state index in [-0.39, 0.29) is 5.91 Å². The van der Waals surface area contributed by atoms with Gasteiger partial charge in [-0.3, -0.25) is 4.79 Å². The fourth-order valence-corrected chi connectivity index (χ4v) is 3.52. The number of hydrogen-bond donors (Lipinski definition) is 1. The Labute approximate surface area is 127 Å². The minimum absolute atomic E-state index is 0.126. The first kappa shape index (κ1) is 14.6. The lowest BCUT2D eigenvalue weighted by atomic mass is 9.90. The average molecular weight is 287 g/mol. The third kappa shape index (κ3) is 3.29. The van der Waals surface area contributed by atoms with Crippen molar-refractivity contribution in [3.8, 4) is 0 Å². The molecule has 0 spiro atoms. The van der Waals surface area contributed by atoms with Gasteiger partial charge in [-0.25, -0.2) is 0 Å². The lowest BCUT2D eigenvalue weighted by Gasteiger charge is -2.23. The van der Waals surface area contributed by atoms with Crippen LogP contribution in [0.3, 0.4) is 0 Å². The van der Waals surface area contributed by atoms with E-state index in [1.807, 2.05) is 17.9 Å². The molecule has 1 N–H and O–H groups in total. The molecule has 1 aromatic carbocycles. The largest absolute Gasteiger partial charge is 0.390 e. The Balaban J connectivity index is 1.75. The van der Waals surface area contributed by atoms with E-state index in [1.165, 1.54) is 24.0 Å². The summed E-state index contributed by atoms with van der Waals surface area (Å²) in [5, 5.41) is 10.1. The predicted molar refractivity (Wildman–Crippen MR) is 83.5 cm³/mol. The molecule has 0 radical (unpaired) electrons. The number of benzene rings is 1. The first-order valence-corrected chi connectivity index (χ1v) is 8.19. The van der Waals surface area contributed by atoms with Crippen LogP contribution in [0.2, 0.25) is 0 Å². The van der Waals surface area contributed by atoms with Crippen molar-refractivity contribution in [3.63, 3.8) is 0 Å². The molecule has 3 rings (SSSR count). The number of carbonyl (C=O) groups is 1. The molecule has 0 bridgehead atoms. The number of rotatable bonds is 1. The van der Waals surface area contributed by atoms with Crippen molar-refractivity contribution in [1.29, 1.82) is 0 Å². The number of hydrogen-bond acceptors (Lipinski definition) is 2. The smallest absolute Gasteiger partial charge is 0.253 e. The first-order chi connectivity index (χ1) is 10.1. The van der Waals surface area contributed by atoms with E-state index < -0.39 is 5.60 Å². The SMILES string of the molecule is CC1(O)CCCN(C(=O)c2ccc3c(c2)CCCC3)CC1. The summed E-state index contributed by atoms with van der Waals surface area (Å²) in [5.74, 6) is 0.126. The van der Waals surface area contributed by atoms with Gasteiger partial charge in [-0.15, -0.1) is 0 Å². The van der Waals surface area contributed by atoms with Gasteiger partial charge in [0.1, 0.15) is 0 Å². The third-order valence-corrected chi connectivity index (χ3v) is 4.95.